The summed E-state index contributed by atoms with van der Waals surface area (Å²) in [5.41, 5.74) is 10.8. The van der Waals surface area contributed by atoms with Crippen molar-refractivity contribution >= 4 is 16.3 Å². The molecule has 0 aliphatic rings. The van der Waals surface area contributed by atoms with E-state index in [2.05, 4.69) is 26.0 Å². The minimum absolute atomic E-state index is 0.893. The number of methoxy groups -OCH3 is 1. The molecule has 0 atom stereocenters. The van der Waals surface area contributed by atoms with Crippen molar-refractivity contribution in [2.75, 3.05) is 12.8 Å². The standard InChI is InChI=1S/C14H17NOS/c1-8-7-11(5-6-12(8)16-4)13-9(2)10(3)17-14(13)15/h5-7H,15H2,1-4H3. The number of hydrogen-bond acceptors (Lipinski definition) is 3. The lowest BCUT2D eigenvalue weighted by Gasteiger charge is -2.08. The smallest absolute Gasteiger partial charge is 0.121 e. The second-order valence-electron chi connectivity index (χ2n) is 4.21. The van der Waals surface area contributed by atoms with Crippen LogP contribution in [-0.4, -0.2) is 7.11 Å². The minimum atomic E-state index is 0.893. The molecule has 2 N–H and O–H groups in total. The first kappa shape index (κ1) is 12.0. The van der Waals surface area contributed by atoms with E-state index in [1.165, 1.54) is 21.6 Å². The maximum Gasteiger partial charge on any atom is 0.121 e. The third kappa shape index (κ3) is 2.03. The molecule has 2 aromatic rings. The molecule has 0 fully saturated rings. The van der Waals surface area contributed by atoms with Crippen LogP contribution in [0.1, 0.15) is 16.0 Å². The lowest BCUT2D eigenvalue weighted by molar-refractivity contribution is 0.412. The van der Waals surface area contributed by atoms with Crippen molar-refractivity contribution in [1.29, 1.82) is 0 Å². The fourth-order valence-electron chi connectivity index (χ4n) is 2.05. The van der Waals surface area contributed by atoms with Gasteiger partial charge in [0.05, 0.1) is 12.1 Å². The van der Waals surface area contributed by atoms with Crippen LogP contribution in [0.3, 0.4) is 0 Å². The van der Waals surface area contributed by atoms with Crippen LogP contribution in [0, 0.1) is 20.8 Å². The molecule has 90 valence electrons. The van der Waals surface area contributed by atoms with E-state index in [1.807, 2.05) is 13.0 Å². The monoisotopic (exact) mass is 247 g/mol. The zero-order valence-corrected chi connectivity index (χ0v) is 11.4. The van der Waals surface area contributed by atoms with Gasteiger partial charge in [-0.2, -0.15) is 0 Å². The zero-order valence-electron chi connectivity index (χ0n) is 10.6. The highest BCUT2D eigenvalue weighted by Gasteiger charge is 2.13. The van der Waals surface area contributed by atoms with Gasteiger partial charge in [-0.1, -0.05) is 6.07 Å². The van der Waals surface area contributed by atoms with Gasteiger partial charge in [-0.05, 0) is 49.6 Å². The Hall–Kier alpha value is -1.48. The number of nitrogens with two attached hydrogens (primary N) is 1. The Morgan fingerprint density at radius 2 is 1.88 bits per heavy atom. The highest BCUT2D eigenvalue weighted by atomic mass is 32.1. The van der Waals surface area contributed by atoms with Gasteiger partial charge in [-0.25, -0.2) is 0 Å². The Morgan fingerprint density at radius 1 is 1.18 bits per heavy atom. The van der Waals surface area contributed by atoms with E-state index in [0.717, 1.165) is 16.3 Å². The number of anilines is 1. The van der Waals surface area contributed by atoms with Gasteiger partial charge in [-0.15, -0.1) is 11.3 Å². The van der Waals surface area contributed by atoms with Crippen molar-refractivity contribution in [1.82, 2.24) is 0 Å². The van der Waals surface area contributed by atoms with E-state index in [0.29, 0.717) is 0 Å². The molecule has 0 aliphatic carbocycles. The fraction of sp³-hybridized carbons (Fsp3) is 0.286. The second-order valence-corrected chi connectivity index (χ2v) is 5.46. The molecule has 17 heavy (non-hydrogen) atoms. The largest absolute Gasteiger partial charge is 0.496 e. The van der Waals surface area contributed by atoms with Crippen LogP contribution in [0.2, 0.25) is 0 Å². The number of aryl methyl sites for hydroxylation is 2. The number of hydrogen-bond donors (Lipinski definition) is 1. The van der Waals surface area contributed by atoms with Crippen LogP contribution < -0.4 is 10.5 Å². The van der Waals surface area contributed by atoms with E-state index in [9.17, 15) is 0 Å². The molecule has 0 saturated heterocycles. The number of thiophene rings is 1. The first-order chi connectivity index (χ1) is 8.04. The first-order valence-corrected chi connectivity index (χ1v) is 6.36. The number of benzene rings is 1. The van der Waals surface area contributed by atoms with Crippen molar-refractivity contribution < 1.29 is 4.74 Å². The van der Waals surface area contributed by atoms with Gasteiger partial charge in [0.2, 0.25) is 0 Å². The molecule has 1 aromatic heterocycles. The first-order valence-electron chi connectivity index (χ1n) is 5.55. The summed E-state index contributed by atoms with van der Waals surface area (Å²) in [5, 5.41) is 0.893. The van der Waals surface area contributed by atoms with Crippen LogP contribution in [0.4, 0.5) is 5.00 Å². The third-order valence-corrected chi connectivity index (χ3v) is 4.13. The van der Waals surface area contributed by atoms with E-state index in [4.69, 9.17) is 10.5 Å². The molecular formula is C14H17NOS. The molecule has 2 nitrogen and oxygen atoms in total. The van der Waals surface area contributed by atoms with Crippen LogP contribution >= 0.6 is 11.3 Å². The van der Waals surface area contributed by atoms with Gasteiger partial charge in [0, 0.05) is 10.4 Å². The maximum absolute atomic E-state index is 6.08. The summed E-state index contributed by atoms with van der Waals surface area (Å²) >= 11 is 1.65. The Kier molecular flexibility index (Phi) is 3.11. The molecule has 2 rings (SSSR count). The lowest BCUT2D eigenvalue weighted by Crippen LogP contribution is -1.90. The summed E-state index contributed by atoms with van der Waals surface area (Å²) in [4.78, 5) is 1.28. The van der Waals surface area contributed by atoms with Gasteiger partial charge in [0.25, 0.3) is 0 Å². The van der Waals surface area contributed by atoms with Crippen LogP contribution in [-0.2, 0) is 0 Å². The Labute approximate surface area is 106 Å². The summed E-state index contributed by atoms with van der Waals surface area (Å²) in [6.07, 6.45) is 0. The highest BCUT2D eigenvalue weighted by Crippen LogP contribution is 2.39. The quantitative estimate of drug-likeness (QED) is 0.872. The van der Waals surface area contributed by atoms with Gasteiger partial charge in [-0.3, -0.25) is 0 Å². The number of rotatable bonds is 2. The molecule has 0 saturated carbocycles. The lowest BCUT2D eigenvalue weighted by atomic mass is 10.0. The minimum Gasteiger partial charge on any atom is -0.496 e. The van der Waals surface area contributed by atoms with Crippen molar-refractivity contribution in [2.24, 2.45) is 0 Å². The average molecular weight is 247 g/mol. The van der Waals surface area contributed by atoms with E-state index < -0.39 is 0 Å². The van der Waals surface area contributed by atoms with Gasteiger partial charge < -0.3 is 10.5 Å². The fourth-order valence-corrected chi connectivity index (χ4v) is 3.00. The number of ether oxygens (including phenoxy) is 1. The van der Waals surface area contributed by atoms with Crippen LogP contribution in [0.15, 0.2) is 18.2 Å². The van der Waals surface area contributed by atoms with Crippen LogP contribution in [0.25, 0.3) is 11.1 Å². The maximum atomic E-state index is 6.08. The van der Waals surface area contributed by atoms with Gasteiger partial charge >= 0.3 is 0 Å². The molecular weight excluding hydrogens is 230 g/mol. The van der Waals surface area contributed by atoms with Crippen LogP contribution in [0.5, 0.6) is 5.75 Å². The Balaban J connectivity index is 2.57. The topological polar surface area (TPSA) is 35.2 Å². The van der Waals surface area contributed by atoms with Crippen molar-refractivity contribution in [2.45, 2.75) is 20.8 Å². The second kappa shape index (κ2) is 4.41. The Morgan fingerprint density at radius 3 is 2.35 bits per heavy atom. The van der Waals surface area contributed by atoms with E-state index in [-0.39, 0.29) is 0 Å². The van der Waals surface area contributed by atoms with Crippen molar-refractivity contribution in [3.05, 3.63) is 34.2 Å². The average Bonchev–Trinajstić information content (AvgIpc) is 2.53. The van der Waals surface area contributed by atoms with E-state index >= 15 is 0 Å². The summed E-state index contributed by atoms with van der Waals surface area (Å²) in [7, 11) is 1.69. The molecule has 1 heterocycles. The molecule has 0 amide bonds. The molecule has 0 aliphatic heterocycles. The zero-order chi connectivity index (χ0) is 12.6. The van der Waals surface area contributed by atoms with Gasteiger partial charge in [0.1, 0.15) is 5.75 Å². The van der Waals surface area contributed by atoms with Crippen molar-refractivity contribution in [3.8, 4) is 16.9 Å². The predicted octanol–water partition coefficient (Wildman–Crippen LogP) is 3.93. The molecule has 0 bridgehead atoms. The molecule has 0 radical (unpaired) electrons. The highest BCUT2D eigenvalue weighted by molar-refractivity contribution is 7.16. The molecule has 0 spiro atoms. The summed E-state index contributed by atoms with van der Waals surface area (Å²) in [5.74, 6) is 0.914. The summed E-state index contributed by atoms with van der Waals surface area (Å²) in [6, 6.07) is 6.19. The van der Waals surface area contributed by atoms with E-state index in [1.54, 1.807) is 18.4 Å². The van der Waals surface area contributed by atoms with Crippen molar-refractivity contribution in [3.63, 3.8) is 0 Å². The predicted molar refractivity (Wildman–Crippen MR) is 74.9 cm³/mol. The SMILES string of the molecule is COc1ccc(-c2c(N)sc(C)c2C)cc1C. The molecule has 3 heteroatoms. The summed E-state index contributed by atoms with van der Waals surface area (Å²) < 4.78 is 5.27. The Bertz CT molecular complexity index is 558. The number of nitrogen functional groups attached to an aromatic ring is 1. The molecule has 0 unspecified atom stereocenters. The molecule has 1 aromatic carbocycles. The van der Waals surface area contributed by atoms with Gasteiger partial charge in [0.15, 0.2) is 0 Å². The normalized spacial score (nSPS) is 10.6. The third-order valence-electron chi connectivity index (χ3n) is 3.10. The summed E-state index contributed by atoms with van der Waals surface area (Å²) in [6.45, 7) is 6.28.